The van der Waals surface area contributed by atoms with Gasteiger partial charge in [-0.1, -0.05) is 0 Å². The monoisotopic (exact) mass is 324 g/mol. The Morgan fingerprint density at radius 2 is 2.26 bits per heavy atom. The number of aryl methyl sites for hydroxylation is 1. The molecule has 1 aliphatic rings. The van der Waals surface area contributed by atoms with Gasteiger partial charge >= 0.3 is 0 Å². The zero-order chi connectivity index (χ0) is 13.2. The lowest BCUT2D eigenvalue weighted by molar-refractivity contribution is 0.173. The molecule has 3 rings (SSSR count). The van der Waals surface area contributed by atoms with E-state index in [1.807, 2.05) is 23.7 Å². The van der Waals surface area contributed by atoms with Crippen LogP contribution in [0.15, 0.2) is 22.9 Å². The number of halogens is 1. The lowest BCUT2D eigenvalue weighted by Crippen LogP contribution is -2.15. The van der Waals surface area contributed by atoms with Gasteiger partial charge in [-0.15, -0.1) is 10.2 Å². The lowest BCUT2D eigenvalue weighted by atomic mass is 10.2. The quantitative estimate of drug-likeness (QED) is 0.925. The summed E-state index contributed by atoms with van der Waals surface area (Å²) in [5.41, 5.74) is 1.12. The standard InChI is InChI=1S/C12H13BrN4O2/c1-17-6-15-16-11(17)5-14-4-8-2-9(13)12-10(3-8)18-7-19-12/h2-3,6,14H,4-5,7H2,1H3. The molecular formula is C12H13BrN4O2. The van der Waals surface area contributed by atoms with Crippen LogP contribution < -0.4 is 14.8 Å². The van der Waals surface area contributed by atoms with Crippen LogP contribution in [0.1, 0.15) is 11.4 Å². The van der Waals surface area contributed by atoms with Crippen LogP contribution in [0.2, 0.25) is 0 Å². The number of benzene rings is 1. The fraction of sp³-hybridized carbons (Fsp3) is 0.333. The average Bonchev–Trinajstić information content (AvgIpc) is 2.99. The predicted octanol–water partition coefficient (Wildman–Crippen LogP) is 1.60. The zero-order valence-electron chi connectivity index (χ0n) is 10.4. The summed E-state index contributed by atoms with van der Waals surface area (Å²) < 4.78 is 13.5. The summed E-state index contributed by atoms with van der Waals surface area (Å²) in [5.74, 6) is 2.46. The van der Waals surface area contributed by atoms with E-state index in [1.165, 1.54) is 0 Å². The maximum Gasteiger partial charge on any atom is 0.231 e. The Balaban J connectivity index is 1.65. The molecule has 0 fully saturated rings. The van der Waals surface area contributed by atoms with Gasteiger partial charge in [-0.3, -0.25) is 0 Å². The van der Waals surface area contributed by atoms with Gasteiger partial charge in [-0.05, 0) is 33.6 Å². The normalized spacial score (nSPS) is 12.9. The number of hydrogen-bond acceptors (Lipinski definition) is 5. The first-order chi connectivity index (χ1) is 9.24. The Morgan fingerprint density at radius 1 is 1.37 bits per heavy atom. The van der Waals surface area contributed by atoms with Crippen LogP contribution in [0.5, 0.6) is 11.5 Å². The molecule has 2 aromatic rings. The summed E-state index contributed by atoms with van der Waals surface area (Å²) >= 11 is 3.48. The molecule has 0 bridgehead atoms. The van der Waals surface area contributed by atoms with Crippen molar-refractivity contribution in [2.75, 3.05) is 6.79 Å². The molecule has 0 unspecified atom stereocenters. The molecule has 1 aliphatic heterocycles. The summed E-state index contributed by atoms with van der Waals surface area (Å²) in [7, 11) is 1.92. The number of fused-ring (bicyclic) bond motifs is 1. The molecule has 6 nitrogen and oxygen atoms in total. The van der Waals surface area contributed by atoms with Crippen LogP contribution in [-0.2, 0) is 20.1 Å². The molecule has 2 heterocycles. The second-order valence-corrected chi connectivity index (χ2v) is 5.13. The second kappa shape index (κ2) is 5.18. The highest BCUT2D eigenvalue weighted by Crippen LogP contribution is 2.39. The van der Waals surface area contributed by atoms with E-state index in [2.05, 4.69) is 31.4 Å². The first kappa shape index (κ1) is 12.4. The van der Waals surface area contributed by atoms with E-state index in [9.17, 15) is 0 Å². The molecular weight excluding hydrogens is 312 g/mol. The Kier molecular flexibility index (Phi) is 3.39. The second-order valence-electron chi connectivity index (χ2n) is 4.27. The molecule has 0 saturated heterocycles. The molecule has 19 heavy (non-hydrogen) atoms. The Morgan fingerprint density at radius 3 is 3.05 bits per heavy atom. The number of aromatic nitrogens is 3. The number of hydrogen-bond donors (Lipinski definition) is 1. The Bertz CT molecular complexity index is 599. The van der Waals surface area contributed by atoms with Gasteiger partial charge in [0.05, 0.1) is 11.0 Å². The van der Waals surface area contributed by atoms with Gasteiger partial charge < -0.3 is 19.4 Å². The van der Waals surface area contributed by atoms with Gasteiger partial charge in [-0.25, -0.2) is 0 Å². The van der Waals surface area contributed by atoms with Crippen molar-refractivity contribution in [3.63, 3.8) is 0 Å². The van der Waals surface area contributed by atoms with Crippen molar-refractivity contribution in [3.8, 4) is 11.5 Å². The molecule has 0 amide bonds. The van der Waals surface area contributed by atoms with Gasteiger partial charge in [0.1, 0.15) is 12.2 Å². The summed E-state index contributed by atoms with van der Waals surface area (Å²) in [5, 5.41) is 11.2. The Hall–Kier alpha value is -1.60. The first-order valence-corrected chi connectivity index (χ1v) is 6.65. The highest BCUT2D eigenvalue weighted by molar-refractivity contribution is 9.10. The number of ether oxygens (including phenoxy) is 2. The lowest BCUT2D eigenvalue weighted by Gasteiger charge is -2.07. The molecule has 0 atom stereocenters. The third-order valence-corrected chi connectivity index (χ3v) is 3.49. The molecule has 1 aromatic carbocycles. The van der Waals surface area contributed by atoms with Crippen LogP contribution in [-0.4, -0.2) is 21.6 Å². The maximum atomic E-state index is 5.38. The van der Waals surface area contributed by atoms with Crippen molar-refractivity contribution < 1.29 is 9.47 Å². The minimum atomic E-state index is 0.282. The fourth-order valence-corrected chi connectivity index (χ4v) is 2.51. The topological polar surface area (TPSA) is 61.2 Å². The van der Waals surface area contributed by atoms with E-state index >= 15 is 0 Å². The molecule has 1 aromatic heterocycles. The number of nitrogens with zero attached hydrogens (tertiary/aromatic N) is 3. The number of rotatable bonds is 4. The van der Waals surface area contributed by atoms with Crippen molar-refractivity contribution >= 4 is 15.9 Å². The van der Waals surface area contributed by atoms with Gasteiger partial charge in [0, 0.05) is 13.6 Å². The molecule has 100 valence electrons. The van der Waals surface area contributed by atoms with Crippen molar-refractivity contribution in [3.05, 3.63) is 34.3 Å². The van der Waals surface area contributed by atoms with Gasteiger partial charge in [-0.2, -0.15) is 0 Å². The van der Waals surface area contributed by atoms with Crippen molar-refractivity contribution in [1.82, 2.24) is 20.1 Å². The van der Waals surface area contributed by atoms with Crippen LogP contribution in [0.25, 0.3) is 0 Å². The smallest absolute Gasteiger partial charge is 0.231 e. The van der Waals surface area contributed by atoms with E-state index < -0.39 is 0 Å². The van der Waals surface area contributed by atoms with E-state index in [1.54, 1.807) is 6.33 Å². The Labute approximate surface area is 118 Å². The fourth-order valence-electron chi connectivity index (χ4n) is 1.91. The summed E-state index contributed by atoms with van der Waals surface area (Å²) in [6.45, 7) is 1.68. The maximum absolute atomic E-state index is 5.38. The average molecular weight is 325 g/mol. The van der Waals surface area contributed by atoms with Crippen LogP contribution in [0.3, 0.4) is 0 Å². The van der Waals surface area contributed by atoms with Gasteiger partial charge in [0.25, 0.3) is 0 Å². The number of nitrogens with one attached hydrogen (secondary N) is 1. The molecule has 0 saturated carbocycles. The highest BCUT2D eigenvalue weighted by Gasteiger charge is 2.17. The van der Waals surface area contributed by atoms with Crippen LogP contribution in [0, 0.1) is 0 Å². The van der Waals surface area contributed by atoms with Crippen molar-refractivity contribution in [2.24, 2.45) is 7.05 Å². The van der Waals surface area contributed by atoms with Crippen LogP contribution >= 0.6 is 15.9 Å². The van der Waals surface area contributed by atoms with E-state index in [-0.39, 0.29) is 6.79 Å². The minimum absolute atomic E-state index is 0.282. The SMILES string of the molecule is Cn1cnnc1CNCc1cc(Br)c2c(c1)OCO2. The predicted molar refractivity (Wildman–Crippen MR) is 71.8 cm³/mol. The minimum Gasteiger partial charge on any atom is -0.454 e. The van der Waals surface area contributed by atoms with Crippen molar-refractivity contribution in [2.45, 2.75) is 13.1 Å². The largest absolute Gasteiger partial charge is 0.454 e. The summed E-state index contributed by atoms with van der Waals surface area (Å²) in [4.78, 5) is 0. The molecule has 1 N–H and O–H groups in total. The van der Waals surface area contributed by atoms with Gasteiger partial charge in [0.15, 0.2) is 11.5 Å². The third kappa shape index (κ3) is 2.57. The summed E-state index contributed by atoms with van der Waals surface area (Å²) in [6, 6.07) is 4.01. The molecule has 0 aliphatic carbocycles. The van der Waals surface area contributed by atoms with Crippen LogP contribution in [0.4, 0.5) is 0 Å². The van der Waals surface area contributed by atoms with Crippen molar-refractivity contribution in [1.29, 1.82) is 0 Å². The third-order valence-electron chi connectivity index (χ3n) is 2.90. The molecule has 7 heteroatoms. The molecule has 0 radical (unpaired) electrons. The first-order valence-electron chi connectivity index (χ1n) is 5.85. The molecule has 0 spiro atoms. The summed E-state index contributed by atoms with van der Waals surface area (Å²) in [6.07, 6.45) is 1.69. The van der Waals surface area contributed by atoms with E-state index in [4.69, 9.17) is 9.47 Å². The zero-order valence-corrected chi connectivity index (χ0v) is 12.0. The van der Waals surface area contributed by atoms with E-state index in [0.717, 1.165) is 33.9 Å². The van der Waals surface area contributed by atoms with E-state index in [0.29, 0.717) is 6.54 Å². The van der Waals surface area contributed by atoms with Gasteiger partial charge in [0.2, 0.25) is 6.79 Å². The highest BCUT2D eigenvalue weighted by atomic mass is 79.9.